The van der Waals surface area contributed by atoms with Gasteiger partial charge in [-0.15, -0.1) is 0 Å². The van der Waals surface area contributed by atoms with Crippen molar-refractivity contribution in [3.63, 3.8) is 0 Å². The van der Waals surface area contributed by atoms with Crippen LogP contribution >= 0.6 is 0 Å². The van der Waals surface area contributed by atoms with Crippen molar-refractivity contribution in [2.24, 2.45) is 21.9 Å². The minimum Gasteiger partial charge on any atom is -0.268 e. The van der Waals surface area contributed by atoms with Gasteiger partial charge in [0.25, 0.3) is 0 Å². The first kappa shape index (κ1) is 16.8. The standard InChI is InChI=1S/C20H25NO3S/c1-19(2)15-11-12-20(19,3)18(13-15)25(22,23)24-21-17-10-6-8-14-7-4-5-9-16(14)17/h4-9,15,18H,10-13H2,1-3H3. The van der Waals surface area contributed by atoms with Crippen molar-refractivity contribution in [2.75, 3.05) is 0 Å². The van der Waals surface area contributed by atoms with Crippen molar-refractivity contribution < 1.29 is 12.7 Å². The number of nitrogens with zero attached hydrogens (tertiary/aromatic N) is 1. The normalized spacial score (nSPS) is 34.3. The zero-order valence-electron chi connectivity index (χ0n) is 15.0. The highest BCUT2D eigenvalue weighted by atomic mass is 32.2. The van der Waals surface area contributed by atoms with Crippen LogP contribution in [0.4, 0.5) is 0 Å². The van der Waals surface area contributed by atoms with Crippen molar-refractivity contribution in [2.45, 2.75) is 51.7 Å². The first-order chi connectivity index (χ1) is 11.8. The van der Waals surface area contributed by atoms with Gasteiger partial charge >= 0.3 is 10.1 Å². The second-order valence-electron chi connectivity index (χ2n) is 8.40. The lowest BCUT2D eigenvalue weighted by atomic mass is 9.71. The molecule has 3 aliphatic carbocycles. The van der Waals surface area contributed by atoms with Crippen LogP contribution in [-0.2, 0) is 14.4 Å². The molecule has 1 aromatic rings. The van der Waals surface area contributed by atoms with E-state index in [0.29, 0.717) is 24.5 Å². The summed E-state index contributed by atoms with van der Waals surface area (Å²) < 4.78 is 31.1. The smallest absolute Gasteiger partial charge is 0.268 e. The quantitative estimate of drug-likeness (QED) is 0.753. The third-order valence-electron chi connectivity index (χ3n) is 7.19. The Labute approximate surface area is 150 Å². The molecule has 0 heterocycles. The molecule has 2 fully saturated rings. The first-order valence-electron chi connectivity index (χ1n) is 9.01. The van der Waals surface area contributed by atoms with E-state index in [4.69, 9.17) is 4.28 Å². The van der Waals surface area contributed by atoms with Crippen LogP contribution in [0, 0.1) is 16.7 Å². The van der Waals surface area contributed by atoms with Gasteiger partial charge in [0.1, 0.15) is 5.25 Å². The fraction of sp³-hybridized carbons (Fsp3) is 0.550. The van der Waals surface area contributed by atoms with Gasteiger partial charge < -0.3 is 0 Å². The number of hydrogen-bond donors (Lipinski definition) is 0. The molecular formula is C20H25NO3S. The fourth-order valence-corrected chi connectivity index (χ4v) is 6.94. The summed E-state index contributed by atoms with van der Waals surface area (Å²) in [5.41, 5.74) is 2.46. The van der Waals surface area contributed by atoms with Gasteiger partial charge in [0.15, 0.2) is 0 Å². The molecule has 0 amide bonds. The number of hydrogen-bond acceptors (Lipinski definition) is 4. The lowest BCUT2D eigenvalue weighted by Crippen LogP contribution is -2.40. The topological polar surface area (TPSA) is 55.7 Å². The third-order valence-corrected chi connectivity index (χ3v) is 8.89. The van der Waals surface area contributed by atoms with E-state index in [1.54, 1.807) is 0 Å². The molecule has 4 nitrogen and oxygen atoms in total. The highest BCUT2D eigenvalue weighted by Gasteiger charge is 2.65. The molecule has 0 spiro atoms. The predicted molar refractivity (Wildman–Crippen MR) is 99.7 cm³/mol. The summed E-state index contributed by atoms with van der Waals surface area (Å²) in [6.45, 7) is 6.51. The molecule has 3 aliphatic rings. The minimum atomic E-state index is -3.73. The predicted octanol–water partition coefficient (Wildman–Crippen LogP) is 4.37. The van der Waals surface area contributed by atoms with Gasteiger partial charge in [0.2, 0.25) is 0 Å². The maximum Gasteiger partial charge on any atom is 0.332 e. The zero-order valence-corrected chi connectivity index (χ0v) is 15.8. The van der Waals surface area contributed by atoms with Crippen molar-refractivity contribution in [3.8, 4) is 0 Å². The molecular weight excluding hydrogens is 334 g/mol. The van der Waals surface area contributed by atoms with Crippen LogP contribution in [0.3, 0.4) is 0 Å². The Morgan fingerprint density at radius 2 is 1.96 bits per heavy atom. The van der Waals surface area contributed by atoms with E-state index in [2.05, 4.69) is 25.9 Å². The average molecular weight is 359 g/mol. The van der Waals surface area contributed by atoms with Crippen molar-refractivity contribution in [1.29, 1.82) is 0 Å². The molecule has 1 aromatic carbocycles. The van der Waals surface area contributed by atoms with E-state index in [0.717, 1.165) is 24.0 Å². The lowest BCUT2D eigenvalue weighted by Gasteiger charge is -2.37. The number of fused-ring (bicyclic) bond motifs is 3. The van der Waals surface area contributed by atoms with Crippen molar-refractivity contribution in [3.05, 3.63) is 41.5 Å². The summed E-state index contributed by atoms with van der Waals surface area (Å²) in [5, 5.41) is 3.62. The van der Waals surface area contributed by atoms with Crippen LogP contribution < -0.4 is 0 Å². The maximum absolute atomic E-state index is 12.9. The molecule has 3 unspecified atom stereocenters. The second-order valence-corrected chi connectivity index (χ2v) is 10.1. The van der Waals surface area contributed by atoms with Gasteiger partial charge in [-0.05, 0) is 41.6 Å². The molecule has 3 atom stereocenters. The molecule has 2 bridgehead atoms. The summed E-state index contributed by atoms with van der Waals surface area (Å²) in [4.78, 5) is 0. The fourth-order valence-electron chi connectivity index (χ4n) is 5.11. The van der Waals surface area contributed by atoms with Crippen LogP contribution in [0.25, 0.3) is 6.08 Å². The Balaban J connectivity index is 1.61. The van der Waals surface area contributed by atoms with Crippen LogP contribution in [0.15, 0.2) is 35.5 Å². The lowest BCUT2D eigenvalue weighted by molar-refractivity contribution is 0.149. The van der Waals surface area contributed by atoms with Crippen LogP contribution in [-0.4, -0.2) is 19.4 Å². The Morgan fingerprint density at radius 3 is 2.64 bits per heavy atom. The average Bonchev–Trinajstić information content (AvgIpc) is 2.93. The van der Waals surface area contributed by atoms with E-state index < -0.39 is 15.4 Å². The second kappa shape index (κ2) is 5.44. The molecule has 0 radical (unpaired) electrons. The van der Waals surface area contributed by atoms with Crippen molar-refractivity contribution >= 4 is 21.9 Å². The highest BCUT2D eigenvalue weighted by molar-refractivity contribution is 7.87. The van der Waals surface area contributed by atoms with E-state index in [9.17, 15) is 8.42 Å². The van der Waals surface area contributed by atoms with E-state index in [-0.39, 0.29) is 10.8 Å². The maximum atomic E-state index is 12.9. The summed E-state index contributed by atoms with van der Waals surface area (Å²) in [6.07, 6.45) is 7.35. The van der Waals surface area contributed by atoms with Crippen LogP contribution in [0.5, 0.6) is 0 Å². The van der Waals surface area contributed by atoms with Crippen LogP contribution in [0.1, 0.15) is 57.6 Å². The Morgan fingerprint density at radius 1 is 1.20 bits per heavy atom. The van der Waals surface area contributed by atoms with E-state index >= 15 is 0 Å². The molecule has 25 heavy (non-hydrogen) atoms. The molecule has 4 rings (SSSR count). The monoisotopic (exact) mass is 359 g/mol. The largest absolute Gasteiger partial charge is 0.332 e. The Bertz CT molecular complexity index is 869. The van der Waals surface area contributed by atoms with Gasteiger partial charge in [0.05, 0.1) is 5.71 Å². The van der Waals surface area contributed by atoms with Crippen LogP contribution in [0.2, 0.25) is 0 Å². The molecule has 0 aromatic heterocycles. The van der Waals surface area contributed by atoms with Gasteiger partial charge in [-0.2, -0.15) is 8.42 Å². The summed E-state index contributed by atoms with van der Waals surface area (Å²) in [6, 6.07) is 7.84. The van der Waals surface area contributed by atoms with Crippen molar-refractivity contribution in [1.82, 2.24) is 0 Å². The number of benzene rings is 1. The molecule has 2 saturated carbocycles. The molecule has 5 heteroatoms. The Kier molecular flexibility index (Phi) is 3.66. The number of rotatable bonds is 3. The zero-order chi connectivity index (χ0) is 17.9. The number of oxime groups is 1. The number of allylic oxidation sites excluding steroid dienone is 1. The van der Waals surface area contributed by atoms with E-state index in [1.165, 1.54) is 0 Å². The highest BCUT2D eigenvalue weighted by Crippen LogP contribution is 2.67. The van der Waals surface area contributed by atoms with Gasteiger partial charge in [0, 0.05) is 12.0 Å². The molecule has 134 valence electrons. The molecule has 0 N–H and O–H groups in total. The van der Waals surface area contributed by atoms with Gasteiger partial charge in [-0.25, -0.2) is 0 Å². The summed E-state index contributed by atoms with van der Waals surface area (Å²) in [5.74, 6) is 0.451. The van der Waals surface area contributed by atoms with Gasteiger partial charge in [-0.1, -0.05) is 62.3 Å². The first-order valence-corrected chi connectivity index (χ1v) is 10.5. The van der Waals surface area contributed by atoms with Gasteiger partial charge in [-0.3, -0.25) is 4.28 Å². The SMILES string of the molecule is CC1(C)C2CCC1(C)C(S(=O)(=O)ON=C1CC=Cc3ccccc31)C2. The molecule has 0 saturated heterocycles. The van der Waals surface area contributed by atoms with E-state index in [1.807, 2.05) is 36.4 Å². The summed E-state index contributed by atoms with van der Waals surface area (Å²) >= 11 is 0. The minimum absolute atomic E-state index is 0.0292. The Hall–Kier alpha value is -1.62. The molecule has 0 aliphatic heterocycles. The third kappa shape index (κ3) is 2.39. The summed E-state index contributed by atoms with van der Waals surface area (Å²) in [7, 11) is -3.73.